The lowest BCUT2D eigenvalue weighted by molar-refractivity contribution is 0.0734. The Balaban J connectivity index is 0.988. The molecule has 5 aromatic carbocycles. The predicted molar refractivity (Wildman–Crippen MR) is 268 cm³/mol. The minimum absolute atomic E-state index is 0.110. The van der Waals surface area contributed by atoms with Gasteiger partial charge in [-0.2, -0.15) is 0 Å². The van der Waals surface area contributed by atoms with E-state index in [1.807, 2.05) is 24.3 Å². The van der Waals surface area contributed by atoms with Gasteiger partial charge < -0.3 is 18.9 Å². The van der Waals surface area contributed by atoms with Gasteiger partial charge in [-0.1, -0.05) is 123 Å². The van der Waals surface area contributed by atoms with Crippen molar-refractivity contribution in [3.05, 3.63) is 144 Å². The molecule has 0 saturated heterocycles. The highest BCUT2D eigenvalue weighted by molar-refractivity contribution is 8.14. The summed E-state index contributed by atoms with van der Waals surface area (Å²) in [6.07, 6.45) is 22.7. The number of hydrogen-bond donors (Lipinski definition) is 0. The van der Waals surface area contributed by atoms with Crippen LogP contribution in [0.25, 0.3) is 0 Å². The molecule has 0 spiro atoms. The Bertz CT molecular complexity index is 2050. The van der Waals surface area contributed by atoms with Gasteiger partial charge in [0, 0.05) is 20.9 Å². The molecule has 10 heteroatoms. The van der Waals surface area contributed by atoms with Crippen molar-refractivity contribution in [3.63, 3.8) is 0 Å². The van der Waals surface area contributed by atoms with E-state index in [0.717, 1.165) is 47.9 Å². The number of esters is 2. The summed E-state index contributed by atoms with van der Waals surface area (Å²) in [4.78, 5) is 53.5. The zero-order valence-electron chi connectivity index (χ0n) is 38.8. The fourth-order valence-corrected chi connectivity index (χ4v) is 8.65. The average molecular weight is 931 g/mol. The normalized spacial score (nSPS) is 10.9. The number of unbranched alkanes of at least 4 members (excludes halogenated alkanes) is 16. The quantitative estimate of drug-likeness (QED) is 0.0191. The number of thioether (sulfide) groups is 2. The summed E-state index contributed by atoms with van der Waals surface area (Å²) in [5.41, 5.74) is 1.47. The fourth-order valence-electron chi connectivity index (χ4n) is 7.17. The summed E-state index contributed by atoms with van der Waals surface area (Å²) in [6, 6.07) is 33.9. The second-order valence-corrected chi connectivity index (χ2v) is 18.6. The van der Waals surface area contributed by atoms with Crippen LogP contribution in [0.4, 0.5) is 0 Å². The Labute approximate surface area is 400 Å². The molecule has 0 aliphatic rings. The molecule has 0 fully saturated rings. The number of hydrogen-bond acceptors (Lipinski definition) is 10. The van der Waals surface area contributed by atoms with Crippen molar-refractivity contribution < 1.29 is 38.1 Å². The Hall–Kier alpha value is -5.32. The number of ether oxygens (including phenoxy) is 4. The van der Waals surface area contributed by atoms with Crippen molar-refractivity contribution in [3.8, 4) is 23.0 Å². The third-order valence-electron chi connectivity index (χ3n) is 11.0. The lowest BCUT2D eigenvalue weighted by Gasteiger charge is -2.09. The third kappa shape index (κ3) is 19.3. The number of carbonyl (C=O) groups is 4. The lowest BCUT2D eigenvalue weighted by atomic mass is 10.1. The van der Waals surface area contributed by atoms with Crippen LogP contribution in [0.15, 0.2) is 131 Å². The van der Waals surface area contributed by atoms with Gasteiger partial charge in [-0.25, -0.2) is 9.59 Å². The van der Waals surface area contributed by atoms with Crippen molar-refractivity contribution in [2.45, 2.75) is 139 Å². The summed E-state index contributed by atoms with van der Waals surface area (Å²) in [6.45, 7) is 5.82. The van der Waals surface area contributed by atoms with Crippen LogP contribution in [0.5, 0.6) is 23.0 Å². The van der Waals surface area contributed by atoms with E-state index < -0.39 is 11.9 Å². The van der Waals surface area contributed by atoms with Crippen LogP contribution < -0.4 is 18.9 Å². The summed E-state index contributed by atoms with van der Waals surface area (Å²) in [5.74, 6) is 0.790. The average Bonchev–Trinajstić information content (AvgIpc) is 3.34. The largest absolute Gasteiger partial charge is 0.494 e. The van der Waals surface area contributed by atoms with Crippen LogP contribution in [0, 0.1) is 0 Å². The van der Waals surface area contributed by atoms with Gasteiger partial charge in [0.15, 0.2) is 0 Å². The first-order chi connectivity index (χ1) is 32.3. The highest BCUT2D eigenvalue weighted by Gasteiger charge is 2.16. The summed E-state index contributed by atoms with van der Waals surface area (Å²) in [5, 5.41) is -0.220. The van der Waals surface area contributed by atoms with E-state index in [0.29, 0.717) is 45.6 Å². The smallest absolute Gasteiger partial charge is 0.343 e. The molecular weight excluding hydrogens is 865 g/mol. The minimum atomic E-state index is -0.650. The topological polar surface area (TPSA) is 105 Å². The highest BCUT2D eigenvalue weighted by Crippen LogP contribution is 2.29. The van der Waals surface area contributed by atoms with Gasteiger partial charge >= 0.3 is 11.9 Å². The molecule has 5 aromatic rings. The van der Waals surface area contributed by atoms with Gasteiger partial charge in [-0.3, -0.25) is 9.59 Å². The molecule has 8 nitrogen and oxygen atoms in total. The molecule has 0 amide bonds. The predicted octanol–water partition coefficient (Wildman–Crippen LogP) is 15.8. The SMILES string of the molecule is CCCCCCCCCCCOc1ccc(C(=O)Sc2ccc(OC(=O)c3cccc(C(=O)Oc4ccc(SC(=O)c5ccc(OCCCCCCCCCCC)cc5)cc4)c3)cc2)cc1. The van der Waals surface area contributed by atoms with Crippen molar-refractivity contribution in [2.75, 3.05) is 13.2 Å². The van der Waals surface area contributed by atoms with E-state index in [-0.39, 0.29) is 21.4 Å². The molecule has 0 atom stereocenters. The monoisotopic (exact) mass is 930 g/mol. The Morgan fingerprint density at radius 2 is 0.682 bits per heavy atom. The maximum Gasteiger partial charge on any atom is 0.343 e. The molecule has 0 radical (unpaired) electrons. The Kier molecular flexibility index (Phi) is 23.5. The van der Waals surface area contributed by atoms with E-state index in [4.69, 9.17) is 18.9 Å². The van der Waals surface area contributed by atoms with E-state index in [1.165, 1.54) is 109 Å². The summed E-state index contributed by atoms with van der Waals surface area (Å²) >= 11 is 2.17. The maximum absolute atomic E-state index is 13.1. The maximum atomic E-state index is 13.1. The molecule has 0 bridgehead atoms. The van der Waals surface area contributed by atoms with Crippen LogP contribution in [-0.2, 0) is 0 Å². The van der Waals surface area contributed by atoms with Crippen molar-refractivity contribution in [1.82, 2.24) is 0 Å². The standard InChI is InChI=1S/C56H66O8S2/c1-3-5-7-9-11-13-15-17-19-40-61-47-28-24-43(25-29-47)55(59)65-51-36-32-49(33-37-51)63-53(57)45-22-21-23-46(42-45)54(58)64-50-34-38-52(39-35-50)66-56(60)44-26-30-48(31-27-44)62-41-20-18-16-14-12-10-8-6-4-2/h21-39,42H,3-20,40-41H2,1-2H3. The highest BCUT2D eigenvalue weighted by atomic mass is 32.2. The van der Waals surface area contributed by atoms with Crippen molar-refractivity contribution >= 4 is 45.7 Å². The zero-order valence-corrected chi connectivity index (χ0v) is 40.4. The number of benzene rings is 5. The van der Waals surface area contributed by atoms with Gasteiger partial charge in [0.05, 0.1) is 24.3 Å². The molecular formula is C56H66O8S2. The van der Waals surface area contributed by atoms with Crippen molar-refractivity contribution in [1.29, 1.82) is 0 Å². The first-order valence-corrected chi connectivity index (χ1v) is 25.6. The van der Waals surface area contributed by atoms with Gasteiger partial charge in [0.2, 0.25) is 10.2 Å². The second kappa shape index (κ2) is 30.1. The first kappa shape index (κ1) is 51.7. The van der Waals surface area contributed by atoms with E-state index in [2.05, 4.69) is 13.8 Å². The third-order valence-corrected chi connectivity index (χ3v) is 12.9. The molecule has 0 aromatic heterocycles. The summed E-state index contributed by atoms with van der Waals surface area (Å²) < 4.78 is 22.9. The molecule has 350 valence electrons. The van der Waals surface area contributed by atoms with E-state index in [1.54, 1.807) is 91.0 Å². The number of carbonyl (C=O) groups excluding carboxylic acids is 4. The number of rotatable bonds is 30. The Morgan fingerprint density at radius 1 is 0.364 bits per heavy atom. The molecule has 5 rings (SSSR count). The zero-order chi connectivity index (χ0) is 46.6. The molecule has 0 saturated carbocycles. The first-order valence-electron chi connectivity index (χ1n) is 24.0. The van der Waals surface area contributed by atoms with Gasteiger partial charge in [0.1, 0.15) is 23.0 Å². The minimum Gasteiger partial charge on any atom is -0.494 e. The van der Waals surface area contributed by atoms with E-state index >= 15 is 0 Å². The van der Waals surface area contributed by atoms with Gasteiger partial charge in [0.25, 0.3) is 0 Å². The van der Waals surface area contributed by atoms with E-state index in [9.17, 15) is 19.2 Å². The molecule has 0 aliphatic carbocycles. The van der Waals surface area contributed by atoms with Gasteiger partial charge in [-0.05, 0) is 152 Å². The molecule has 0 N–H and O–H groups in total. The van der Waals surface area contributed by atoms with Crippen LogP contribution in [0.2, 0.25) is 0 Å². The van der Waals surface area contributed by atoms with Crippen LogP contribution in [-0.4, -0.2) is 35.4 Å². The van der Waals surface area contributed by atoms with Crippen molar-refractivity contribution in [2.24, 2.45) is 0 Å². The fraction of sp³-hybridized carbons (Fsp3) is 0.393. The van der Waals surface area contributed by atoms with Crippen LogP contribution >= 0.6 is 23.5 Å². The Morgan fingerprint density at radius 3 is 1.03 bits per heavy atom. The lowest BCUT2D eigenvalue weighted by Crippen LogP contribution is -2.12. The molecule has 0 aliphatic heterocycles. The molecule has 0 unspecified atom stereocenters. The summed E-state index contributed by atoms with van der Waals surface area (Å²) in [7, 11) is 0. The van der Waals surface area contributed by atoms with Crippen LogP contribution in [0.1, 0.15) is 171 Å². The second-order valence-electron chi connectivity index (χ2n) is 16.5. The van der Waals surface area contributed by atoms with Gasteiger partial charge in [-0.15, -0.1) is 0 Å². The molecule has 0 heterocycles. The molecule has 66 heavy (non-hydrogen) atoms. The van der Waals surface area contributed by atoms with Crippen LogP contribution in [0.3, 0.4) is 0 Å².